The van der Waals surface area contributed by atoms with Crippen LogP contribution < -0.4 is 15.8 Å². The van der Waals surface area contributed by atoms with Crippen molar-refractivity contribution in [3.8, 4) is 11.6 Å². The smallest absolute Gasteiger partial charge is 0.248 e. The average Bonchev–Trinajstić information content (AvgIpc) is 2.72. The number of anilines is 2. The molecule has 0 spiro atoms. The second kappa shape index (κ2) is 8.25. The molecule has 1 aromatic carbocycles. The summed E-state index contributed by atoms with van der Waals surface area (Å²) in [6.07, 6.45) is 9.82. The molecule has 0 aliphatic heterocycles. The number of nitrogens with two attached hydrogens (primary N) is 1. The van der Waals surface area contributed by atoms with Gasteiger partial charge in [0.1, 0.15) is 17.5 Å². The van der Waals surface area contributed by atoms with Gasteiger partial charge in [-0.2, -0.15) is 4.98 Å². The van der Waals surface area contributed by atoms with Gasteiger partial charge in [0.05, 0.1) is 0 Å². The molecular formula is C22H25N5O. The first-order valence-electron chi connectivity index (χ1n) is 9.77. The standard InChI is InChI=1S/C22H25N5O/c1-15-10-11-17-8-5-9-18(20(17)27-15)28-22-19(23)21(25-14-26-22)24-13-12-16-6-3-2-4-7-16/h5-6,8-11,14H,2-4,7,12-13,23H2,1H3,(H,24,25,26). The average molecular weight is 375 g/mol. The summed E-state index contributed by atoms with van der Waals surface area (Å²) in [4.78, 5) is 13.1. The van der Waals surface area contributed by atoms with Crippen LogP contribution in [0, 0.1) is 6.92 Å². The summed E-state index contributed by atoms with van der Waals surface area (Å²) >= 11 is 0. The molecule has 0 amide bonds. The fourth-order valence-electron chi connectivity index (χ4n) is 3.48. The number of ether oxygens (including phenoxy) is 1. The van der Waals surface area contributed by atoms with Crippen molar-refractivity contribution in [2.75, 3.05) is 17.6 Å². The van der Waals surface area contributed by atoms with Gasteiger partial charge in [0.2, 0.25) is 5.88 Å². The third-order valence-electron chi connectivity index (χ3n) is 5.00. The summed E-state index contributed by atoms with van der Waals surface area (Å²) in [6, 6.07) is 9.82. The number of nitrogen functional groups attached to an aromatic ring is 1. The number of fused-ring (bicyclic) bond motifs is 1. The van der Waals surface area contributed by atoms with Crippen LogP contribution in [0.5, 0.6) is 11.6 Å². The van der Waals surface area contributed by atoms with E-state index in [0.29, 0.717) is 23.1 Å². The topological polar surface area (TPSA) is 86.0 Å². The molecule has 144 valence electrons. The number of hydrogen-bond acceptors (Lipinski definition) is 6. The molecule has 0 radical (unpaired) electrons. The van der Waals surface area contributed by atoms with Crippen molar-refractivity contribution in [1.29, 1.82) is 0 Å². The maximum absolute atomic E-state index is 6.28. The molecule has 1 aliphatic rings. The van der Waals surface area contributed by atoms with E-state index in [0.717, 1.165) is 29.6 Å². The summed E-state index contributed by atoms with van der Waals surface area (Å²) in [5.41, 5.74) is 9.92. The molecule has 28 heavy (non-hydrogen) atoms. The fraction of sp³-hybridized carbons (Fsp3) is 0.318. The molecule has 0 fully saturated rings. The molecule has 0 bridgehead atoms. The predicted octanol–water partition coefficient (Wildman–Crippen LogP) is 5.01. The number of allylic oxidation sites excluding steroid dienone is 1. The maximum atomic E-state index is 6.28. The van der Waals surface area contributed by atoms with Gasteiger partial charge in [-0.25, -0.2) is 9.97 Å². The lowest BCUT2D eigenvalue weighted by Gasteiger charge is -2.15. The lowest BCUT2D eigenvalue weighted by atomic mass is 9.97. The zero-order chi connectivity index (χ0) is 19.3. The number of aryl methyl sites for hydroxylation is 1. The minimum absolute atomic E-state index is 0.338. The predicted molar refractivity (Wildman–Crippen MR) is 113 cm³/mol. The molecule has 0 unspecified atom stereocenters. The van der Waals surface area contributed by atoms with Crippen molar-refractivity contribution in [2.45, 2.75) is 39.0 Å². The molecule has 0 saturated heterocycles. The first-order chi connectivity index (χ1) is 13.7. The lowest BCUT2D eigenvalue weighted by Crippen LogP contribution is -2.09. The van der Waals surface area contributed by atoms with Gasteiger partial charge >= 0.3 is 0 Å². The van der Waals surface area contributed by atoms with Gasteiger partial charge in [-0.05, 0) is 51.2 Å². The number of nitrogens with one attached hydrogen (secondary N) is 1. The first-order valence-corrected chi connectivity index (χ1v) is 9.77. The lowest BCUT2D eigenvalue weighted by molar-refractivity contribution is 0.468. The highest BCUT2D eigenvalue weighted by molar-refractivity contribution is 5.85. The molecule has 3 N–H and O–H groups in total. The van der Waals surface area contributed by atoms with E-state index in [1.807, 2.05) is 37.3 Å². The van der Waals surface area contributed by atoms with Crippen LogP contribution in [0.1, 0.15) is 37.8 Å². The van der Waals surface area contributed by atoms with Crippen LogP contribution in [0.25, 0.3) is 10.9 Å². The molecule has 6 heteroatoms. The van der Waals surface area contributed by atoms with Gasteiger partial charge in [0, 0.05) is 17.6 Å². The van der Waals surface area contributed by atoms with Gasteiger partial charge in [-0.1, -0.05) is 29.8 Å². The van der Waals surface area contributed by atoms with E-state index >= 15 is 0 Å². The van der Waals surface area contributed by atoms with E-state index in [-0.39, 0.29) is 0 Å². The van der Waals surface area contributed by atoms with Crippen molar-refractivity contribution >= 4 is 22.4 Å². The Bertz CT molecular complexity index is 1010. The SMILES string of the molecule is Cc1ccc2cccc(Oc3ncnc(NCCC4=CCCCC4)c3N)c2n1. The fourth-order valence-corrected chi connectivity index (χ4v) is 3.48. The summed E-state index contributed by atoms with van der Waals surface area (Å²) in [5.74, 6) is 1.57. The van der Waals surface area contributed by atoms with E-state index in [1.165, 1.54) is 37.6 Å². The highest BCUT2D eigenvalue weighted by Crippen LogP contribution is 2.33. The summed E-state index contributed by atoms with van der Waals surface area (Å²) < 4.78 is 6.02. The van der Waals surface area contributed by atoms with Crippen molar-refractivity contribution in [2.24, 2.45) is 0 Å². The Labute approximate surface area is 164 Å². The van der Waals surface area contributed by atoms with E-state index in [9.17, 15) is 0 Å². The molecule has 6 nitrogen and oxygen atoms in total. The van der Waals surface area contributed by atoms with Crippen LogP contribution in [-0.2, 0) is 0 Å². The third-order valence-corrected chi connectivity index (χ3v) is 5.00. The highest BCUT2D eigenvalue weighted by atomic mass is 16.5. The quantitative estimate of drug-likeness (QED) is 0.589. The molecule has 2 aromatic heterocycles. The first kappa shape index (κ1) is 18.2. The number of nitrogens with zero attached hydrogens (tertiary/aromatic N) is 3. The summed E-state index contributed by atoms with van der Waals surface area (Å²) in [6.45, 7) is 2.75. The molecule has 2 heterocycles. The van der Waals surface area contributed by atoms with E-state index < -0.39 is 0 Å². The Morgan fingerprint density at radius 1 is 1.14 bits per heavy atom. The van der Waals surface area contributed by atoms with Gasteiger partial charge in [0.25, 0.3) is 0 Å². The van der Waals surface area contributed by atoms with E-state index in [4.69, 9.17) is 10.5 Å². The van der Waals surface area contributed by atoms with Gasteiger partial charge in [0.15, 0.2) is 11.6 Å². The van der Waals surface area contributed by atoms with Crippen LogP contribution in [0.4, 0.5) is 11.5 Å². The van der Waals surface area contributed by atoms with Crippen LogP contribution >= 0.6 is 0 Å². The minimum atomic E-state index is 0.338. The Kier molecular flexibility index (Phi) is 5.37. The Balaban J connectivity index is 1.51. The normalized spacial score (nSPS) is 14.0. The zero-order valence-electron chi connectivity index (χ0n) is 16.1. The van der Waals surface area contributed by atoms with Gasteiger partial charge in [-0.3, -0.25) is 0 Å². The number of para-hydroxylation sites is 1. The monoisotopic (exact) mass is 375 g/mol. The second-order valence-electron chi connectivity index (χ2n) is 7.11. The van der Waals surface area contributed by atoms with Gasteiger partial charge in [-0.15, -0.1) is 0 Å². The molecule has 0 atom stereocenters. The van der Waals surface area contributed by atoms with Crippen molar-refractivity contribution in [1.82, 2.24) is 15.0 Å². The highest BCUT2D eigenvalue weighted by Gasteiger charge is 2.13. The Morgan fingerprint density at radius 2 is 2.07 bits per heavy atom. The molecule has 4 rings (SSSR count). The number of pyridine rings is 1. The van der Waals surface area contributed by atoms with Crippen molar-refractivity contribution in [3.05, 3.63) is 54.0 Å². The summed E-state index contributed by atoms with van der Waals surface area (Å²) in [7, 11) is 0. The van der Waals surface area contributed by atoms with Crippen molar-refractivity contribution in [3.63, 3.8) is 0 Å². The van der Waals surface area contributed by atoms with Crippen molar-refractivity contribution < 1.29 is 4.74 Å². The minimum Gasteiger partial charge on any atom is -0.435 e. The Hall–Kier alpha value is -3.15. The number of rotatable bonds is 6. The number of hydrogen-bond donors (Lipinski definition) is 2. The molecular weight excluding hydrogens is 350 g/mol. The van der Waals surface area contributed by atoms with Gasteiger partial charge < -0.3 is 15.8 Å². The second-order valence-corrected chi connectivity index (χ2v) is 7.11. The maximum Gasteiger partial charge on any atom is 0.248 e. The van der Waals surface area contributed by atoms with Crippen LogP contribution in [0.2, 0.25) is 0 Å². The zero-order valence-corrected chi connectivity index (χ0v) is 16.1. The van der Waals surface area contributed by atoms with Crippen LogP contribution in [-0.4, -0.2) is 21.5 Å². The molecule has 3 aromatic rings. The van der Waals surface area contributed by atoms with Crippen LogP contribution in [0.15, 0.2) is 48.3 Å². The van der Waals surface area contributed by atoms with Crippen LogP contribution in [0.3, 0.4) is 0 Å². The third kappa shape index (κ3) is 4.06. The number of aromatic nitrogens is 3. The largest absolute Gasteiger partial charge is 0.435 e. The Morgan fingerprint density at radius 3 is 2.93 bits per heavy atom. The van der Waals surface area contributed by atoms with E-state index in [1.54, 1.807) is 0 Å². The molecule has 0 saturated carbocycles. The summed E-state index contributed by atoms with van der Waals surface area (Å²) in [5, 5.41) is 4.33. The number of benzene rings is 1. The van der Waals surface area contributed by atoms with E-state index in [2.05, 4.69) is 26.3 Å². The molecule has 1 aliphatic carbocycles.